The van der Waals surface area contributed by atoms with Crippen molar-refractivity contribution in [3.63, 3.8) is 0 Å². The van der Waals surface area contributed by atoms with Crippen molar-refractivity contribution in [2.45, 2.75) is 25.4 Å². The number of carbonyl (C=O) groups is 1. The van der Waals surface area contributed by atoms with Crippen molar-refractivity contribution >= 4 is 23.8 Å². The molecule has 0 aliphatic carbocycles. The third kappa shape index (κ3) is 5.23. The molecule has 2 aromatic carbocycles. The van der Waals surface area contributed by atoms with E-state index in [2.05, 4.69) is 35.9 Å². The van der Waals surface area contributed by atoms with Gasteiger partial charge < -0.3 is 4.74 Å². The third-order valence-corrected chi connectivity index (χ3v) is 4.97. The predicted molar refractivity (Wildman–Crippen MR) is 103 cm³/mol. The van der Waals surface area contributed by atoms with Gasteiger partial charge in [0.2, 0.25) is 0 Å². The molecule has 0 heterocycles. The lowest BCUT2D eigenvalue weighted by Crippen LogP contribution is -2.03. The summed E-state index contributed by atoms with van der Waals surface area (Å²) in [6, 6.07) is 16.4. The summed E-state index contributed by atoms with van der Waals surface area (Å²) in [7, 11) is 1.28. The van der Waals surface area contributed by atoms with Crippen LogP contribution in [-0.2, 0) is 21.0 Å². The Morgan fingerprint density at radius 1 is 1.16 bits per heavy atom. The zero-order valence-electron chi connectivity index (χ0n) is 14.7. The lowest BCUT2D eigenvalue weighted by atomic mass is 9.99. The van der Waals surface area contributed by atoms with E-state index < -0.39 is 5.97 Å². The standard InChI is InChI=1S/C21H21NO2S/c1-15-9-16(2)20(14-25-13-17-7-5-4-6-8-17)11-18(15)10-19(12-22)21(23)24-3/h4-11H,13-14H2,1-3H3/b19-10-. The molecule has 0 radical (unpaired) electrons. The number of rotatable bonds is 6. The second-order valence-corrected chi connectivity index (χ2v) is 6.76. The van der Waals surface area contributed by atoms with E-state index in [9.17, 15) is 4.79 Å². The van der Waals surface area contributed by atoms with E-state index in [1.807, 2.05) is 43.0 Å². The van der Waals surface area contributed by atoms with Crippen molar-refractivity contribution < 1.29 is 9.53 Å². The molecule has 0 saturated carbocycles. The molecule has 0 saturated heterocycles. The summed E-state index contributed by atoms with van der Waals surface area (Å²) < 4.78 is 4.65. The van der Waals surface area contributed by atoms with Gasteiger partial charge >= 0.3 is 5.97 Å². The molecule has 4 heteroatoms. The minimum atomic E-state index is -0.609. The molecule has 3 nitrogen and oxygen atoms in total. The topological polar surface area (TPSA) is 50.1 Å². The maximum Gasteiger partial charge on any atom is 0.348 e. The molecule has 0 bridgehead atoms. The largest absolute Gasteiger partial charge is 0.465 e. The van der Waals surface area contributed by atoms with Gasteiger partial charge in [0.25, 0.3) is 0 Å². The number of nitriles is 1. The number of hydrogen-bond donors (Lipinski definition) is 0. The summed E-state index contributed by atoms with van der Waals surface area (Å²) in [5, 5.41) is 9.15. The summed E-state index contributed by atoms with van der Waals surface area (Å²) in [6.45, 7) is 4.07. The number of thioether (sulfide) groups is 1. The lowest BCUT2D eigenvalue weighted by Gasteiger charge is -2.11. The first-order valence-corrected chi connectivity index (χ1v) is 9.12. The van der Waals surface area contributed by atoms with Gasteiger partial charge in [-0.1, -0.05) is 42.5 Å². The van der Waals surface area contributed by atoms with Crippen molar-refractivity contribution in [2.75, 3.05) is 7.11 Å². The smallest absolute Gasteiger partial charge is 0.348 e. The SMILES string of the molecule is COC(=O)/C(C#N)=C\c1cc(CSCc2ccccc2)c(C)cc1C. The molecule has 0 aliphatic heterocycles. The summed E-state index contributed by atoms with van der Waals surface area (Å²) >= 11 is 1.85. The van der Waals surface area contributed by atoms with Crippen LogP contribution in [0.5, 0.6) is 0 Å². The Kier molecular flexibility index (Phi) is 6.85. The monoisotopic (exact) mass is 351 g/mol. The van der Waals surface area contributed by atoms with Crippen LogP contribution in [0.3, 0.4) is 0 Å². The normalized spacial score (nSPS) is 11.0. The number of nitrogens with zero attached hydrogens (tertiary/aromatic N) is 1. The van der Waals surface area contributed by atoms with E-state index in [1.165, 1.54) is 23.8 Å². The van der Waals surface area contributed by atoms with E-state index in [1.54, 1.807) is 6.08 Å². The van der Waals surface area contributed by atoms with E-state index in [0.717, 1.165) is 22.6 Å². The number of hydrogen-bond acceptors (Lipinski definition) is 4. The van der Waals surface area contributed by atoms with E-state index in [4.69, 9.17) is 5.26 Å². The lowest BCUT2D eigenvalue weighted by molar-refractivity contribution is -0.135. The average Bonchev–Trinajstić information content (AvgIpc) is 2.63. The Balaban J connectivity index is 2.18. The molecule has 0 unspecified atom stereocenters. The zero-order chi connectivity index (χ0) is 18.2. The quantitative estimate of drug-likeness (QED) is 0.425. The van der Waals surface area contributed by atoms with Gasteiger partial charge in [-0.05, 0) is 47.7 Å². The van der Waals surface area contributed by atoms with Gasteiger partial charge in [-0.2, -0.15) is 17.0 Å². The van der Waals surface area contributed by atoms with Gasteiger partial charge in [-0.25, -0.2) is 4.79 Å². The fourth-order valence-corrected chi connectivity index (χ4v) is 3.54. The van der Waals surface area contributed by atoms with Gasteiger partial charge in [-0.15, -0.1) is 0 Å². The zero-order valence-corrected chi connectivity index (χ0v) is 15.5. The Morgan fingerprint density at radius 2 is 1.88 bits per heavy atom. The van der Waals surface area contributed by atoms with E-state index in [-0.39, 0.29) is 5.57 Å². The maximum atomic E-state index is 11.6. The molecule has 2 aromatic rings. The highest BCUT2D eigenvalue weighted by atomic mass is 32.2. The van der Waals surface area contributed by atoms with Crippen molar-refractivity contribution in [3.05, 3.63) is 75.9 Å². The number of ether oxygens (including phenoxy) is 1. The third-order valence-electron chi connectivity index (χ3n) is 3.92. The molecule has 0 N–H and O–H groups in total. The molecule has 0 aliphatic rings. The van der Waals surface area contributed by atoms with Crippen LogP contribution in [0, 0.1) is 25.2 Å². The Bertz CT molecular complexity index is 820. The maximum absolute atomic E-state index is 11.6. The predicted octanol–water partition coefficient (Wildman–Crippen LogP) is 4.82. The molecule has 0 aromatic heterocycles. The van der Waals surface area contributed by atoms with Crippen molar-refractivity contribution in [1.29, 1.82) is 5.26 Å². The van der Waals surface area contributed by atoms with Gasteiger partial charge in [0.1, 0.15) is 11.6 Å². The molecule has 0 atom stereocenters. The molecule has 0 amide bonds. The molecule has 2 rings (SSSR count). The number of methoxy groups -OCH3 is 1. The van der Waals surface area contributed by atoms with Crippen LogP contribution in [0.4, 0.5) is 0 Å². The van der Waals surface area contributed by atoms with Crippen LogP contribution in [0.2, 0.25) is 0 Å². The van der Waals surface area contributed by atoms with Crippen LogP contribution in [0.15, 0.2) is 48.0 Å². The fraction of sp³-hybridized carbons (Fsp3) is 0.238. The van der Waals surface area contributed by atoms with Gasteiger partial charge in [0, 0.05) is 11.5 Å². The molecule has 128 valence electrons. The minimum Gasteiger partial charge on any atom is -0.465 e. The van der Waals surface area contributed by atoms with Crippen molar-refractivity contribution in [3.8, 4) is 6.07 Å². The van der Waals surface area contributed by atoms with Gasteiger partial charge in [-0.3, -0.25) is 0 Å². The van der Waals surface area contributed by atoms with Gasteiger partial charge in [0.05, 0.1) is 7.11 Å². The second-order valence-electron chi connectivity index (χ2n) is 5.78. The summed E-state index contributed by atoms with van der Waals surface area (Å²) in [4.78, 5) is 11.6. The van der Waals surface area contributed by atoms with Crippen molar-refractivity contribution in [1.82, 2.24) is 0 Å². The summed E-state index contributed by atoms with van der Waals surface area (Å²) in [6.07, 6.45) is 1.60. The molecule has 25 heavy (non-hydrogen) atoms. The number of esters is 1. The van der Waals surface area contributed by atoms with Crippen LogP contribution < -0.4 is 0 Å². The summed E-state index contributed by atoms with van der Waals surface area (Å²) in [5.74, 6) is 1.22. The van der Waals surface area contributed by atoms with E-state index >= 15 is 0 Å². The Hall–Kier alpha value is -2.51. The summed E-state index contributed by atoms with van der Waals surface area (Å²) in [5.41, 5.74) is 5.65. The van der Waals surface area contributed by atoms with Crippen LogP contribution in [0.1, 0.15) is 27.8 Å². The highest BCUT2D eigenvalue weighted by Crippen LogP contribution is 2.24. The molecular formula is C21H21NO2S. The molecule has 0 fully saturated rings. The molecular weight excluding hydrogens is 330 g/mol. The Morgan fingerprint density at radius 3 is 2.52 bits per heavy atom. The van der Waals surface area contributed by atoms with Crippen molar-refractivity contribution in [2.24, 2.45) is 0 Å². The number of aryl methyl sites for hydroxylation is 2. The minimum absolute atomic E-state index is 0.0114. The van der Waals surface area contributed by atoms with Crippen LogP contribution in [0.25, 0.3) is 6.08 Å². The Labute approximate surface area is 153 Å². The fourth-order valence-electron chi connectivity index (χ4n) is 2.48. The highest BCUT2D eigenvalue weighted by Gasteiger charge is 2.11. The van der Waals surface area contributed by atoms with E-state index in [0.29, 0.717) is 0 Å². The number of carbonyl (C=O) groups excluding carboxylic acids is 1. The average molecular weight is 351 g/mol. The number of benzene rings is 2. The van der Waals surface area contributed by atoms with Crippen LogP contribution in [-0.4, -0.2) is 13.1 Å². The first kappa shape index (κ1) is 18.8. The first-order valence-electron chi connectivity index (χ1n) is 7.97. The molecule has 0 spiro atoms. The van der Waals surface area contributed by atoms with Crippen LogP contribution >= 0.6 is 11.8 Å². The van der Waals surface area contributed by atoms with Gasteiger partial charge in [0.15, 0.2) is 0 Å². The second kappa shape index (κ2) is 9.10. The highest BCUT2D eigenvalue weighted by molar-refractivity contribution is 7.97. The first-order chi connectivity index (χ1) is 12.0.